The number of rotatable bonds is 3. The number of benzene rings is 7. The van der Waals surface area contributed by atoms with E-state index in [1.807, 2.05) is 0 Å². The quantitative estimate of drug-likeness (QED) is 0.169. The molecule has 1 aliphatic carbocycles. The Bertz CT molecular complexity index is 3060. The summed E-state index contributed by atoms with van der Waals surface area (Å²) < 4.78 is 9.55. The van der Waals surface area contributed by atoms with Gasteiger partial charge in [-0.25, -0.2) is 0 Å². The number of furan rings is 1. The van der Waals surface area contributed by atoms with Gasteiger partial charge >= 0.3 is 0 Å². The van der Waals surface area contributed by atoms with E-state index in [1.165, 1.54) is 73.8 Å². The van der Waals surface area contributed by atoms with Crippen molar-refractivity contribution in [3.05, 3.63) is 169 Å². The molecule has 0 amide bonds. The van der Waals surface area contributed by atoms with Crippen LogP contribution in [-0.4, -0.2) is 11.3 Å². The Morgan fingerprint density at radius 3 is 1.84 bits per heavy atom. The molecule has 57 heavy (non-hydrogen) atoms. The molecule has 2 aliphatic heterocycles. The summed E-state index contributed by atoms with van der Waals surface area (Å²) in [5.41, 5.74) is 18.0. The molecule has 0 saturated carbocycles. The Morgan fingerprint density at radius 1 is 0.491 bits per heavy atom. The lowest BCUT2D eigenvalue weighted by molar-refractivity contribution is 0.332. The van der Waals surface area contributed by atoms with E-state index in [1.54, 1.807) is 0 Å². The van der Waals surface area contributed by atoms with Gasteiger partial charge in [-0.05, 0) is 119 Å². The molecule has 7 aromatic carbocycles. The van der Waals surface area contributed by atoms with E-state index in [2.05, 4.69) is 200 Å². The van der Waals surface area contributed by atoms with Gasteiger partial charge in [-0.2, -0.15) is 0 Å². The second-order valence-corrected chi connectivity index (χ2v) is 17.6. The Hall–Kier alpha value is -6.46. The van der Waals surface area contributed by atoms with Crippen LogP contribution < -0.4 is 26.4 Å². The second-order valence-electron chi connectivity index (χ2n) is 17.6. The van der Waals surface area contributed by atoms with E-state index in [0.717, 1.165) is 39.4 Å². The molecule has 3 aliphatic rings. The zero-order valence-corrected chi connectivity index (χ0v) is 32.8. The average Bonchev–Trinajstić information content (AvgIpc) is 3.79. The van der Waals surface area contributed by atoms with Gasteiger partial charge in [0, 0.05) is 50.3 Å². The van der Waals surface area contributed by atoms with Gasteiger partial charge in [0.1, 0.15) is 5.58 Å². The van der Waals surface area contributed by atoms with Crippen LogP contribution in [0.5, 0.6) is 0 Å². The summed E-state index contributed by atoms with van der Waals surface area (Å²) >= 11 is 0. The van der Waals surface area contributed by atoms with Crippen molar-refractivity contribution in [2.24, 2.45) is 0 Å². The van der Waals surface area contributed by atoms with Crippen LogP contribution in [0.3, 0.4) is 0 Å². The normalized spacial score (nSPS) is 16.1. The maximum Gasteiger partial charge on any atom is 0.297 e. The van der Waals surface area contributed by atoms with Gasteiger partial charge in [0.05, 0.1) is 22.4 Å². The highest BCUT2D eigenvalue weighted by Gasteiger charge is 2.47. The van der Waals surface area contributed by atoms with Crippen LogP contribution in [0.25, 0.3) is 38.5 Å². The fourth-order valence-corrected chi connectivity index (χ4v) is 10.5. The van der Waals surface area contributed by atoms with Crippen molar-refractivity contribution in [1.29, 1.82) is 0 Å². The molecule has 0 atom stereocenters. The van der Waals surface area contributed by atoms with Gasteiger partial charge in [-0.3, -0.25) is 0 Å². The first-order valence-corrected chi connectivity index (χ1v) is 20.4. The SMILES string of the molecule is CC1(C)CCC(C)(C)c2cc(N3c4cccc5c4B(c4ccc(-n6c7ccccc7c7ccccc76)cc4N5c4ccccc4)c4oc5ccccc5c43)ccc21. The number of para-hydroxylation sites is 4. The molecule has 274 valence electrons. The summed E-state index contributed by atoms with van der Waals surface area (Å²) in [4.78, 5) is 4.99. The van der Waals surface area contributed by atoms with Crippen LogP contribution in [0.4, 0.5) is 34.1 Å². The molecule has 0 radical (unpaired) electrons. The summed E-state index contributed by atoms with van der Waals surface area (Å²) in [6, 6.07) is 58.2. The minimum atomic E-state index is -0.106. The zero-order chi connectivity index (χ0) is 38.2. The van der Waals surface area contributed by atoms with E-state index in [9.17, 15) is 0 Å². The van der Waals surface area contributed by atoms with Crippen molar-refractivity contribution < 1.29 is 4.42 Å². The highest BCUT2D eigenvalue weighted by molar-refractivity contribution is 7.00. The molecule has 5 heteroatoms. The van der Waals surface area contributed by atoms with E-state index >= 15 is 0 Å². The predicted molar refractivity (Wildman–Crippen MR) is 240 cm³/mol. The van der Waals surface area contributed by atoms with Gasteiger partial charge in [0.15, 0.2) is 0 Å². The number of nitrogens with zero attached hydrogens (tertiary/aromatic N) is 3. The molecule has 4 nitrogen and oxygen atoms in total. The summed E-state index contributed by atoms with van der Waals surface area (Å²) in [5.74, 6) is 0. The van der Waals surface area contributed by atoms with Gasteiger partial charge < -0.3 is 18.8 Å². The Labute approximate surface area is 333 Å². The molecule has 0 N–H and O–H groups in total. The first kappa shape index (κ1) is 32.8. The van der Waals surface area contributed by atoms with Crippen LogP contribution >= 0.6 is 0 Å². The molecule has 4 heterocycles. The molecule has 12 rings (SSSR count). The summed E-state index contributed by atoms with van der Waals surface area (Å²) in [7, 11) is 0. The number of anilines is 6. The van der Waals surface area contributed by atoms with Crippen molar-refractivity contribution in [1.82, 2.24) is 4.57 Å². The lowest BCUT2D eigenvalue weighted by Gasteiger charge is -2.44. The fourth-order valence-electron chi connectivity index (χ4n) is 10.5. The first-order valence-electron chi connectivity index (χ1n) is 20.4. The lowest BCUT2D eigenvalue weighted by Crippen LogP contribution is -2.61. The van der Waals surface area contributed by atoms with E-state index in [0.29, 0.717) is 0 Å². The third-order valence-corrected chi connectivity index (χ3v) is 13.4. The monoisotopic (exact) mass is 735 g/mol. The van der Waals surface area contributed by atoms with E-state index in [-0.39, 0.29) is 17.5 Å². The number of aromatic nitrogens is 1. The molecule has 2 aromatic heterocycles. The van der Waals surface area contributed by atoms with Crippen LogP contribution in [0.1, 0.15) is 51.7 Å². The van der Waals surface area contributed by atoms with Gasteiger partial charge in [-0.15, -0.1) is 0 Å². The zero-order valence-electron chi connectivity index (χ0n) is 32.8. The van der Waals surface area contributed by atoms with Crippen molar-refractivity contribution in [3.63, 3.8) is 0 Å². The maximum absolute atomic E-state index is 7.13. The number of hydrogen-bond donors (Lipinski definition) is 0. The van der Waals surface area contributed by atoms with Gasteiger partial charge in [0.2, 0.25) is 0 Å². The van der Waals surface area contributed by atoms with Crippen molar-refractivity contribution in [2.45, 2.75) is 51.4 Å². The minimum Gasteiger partial charge on any atom is -0.468 e. The molecule has 0 bridgehead atoms. The van der Waals surface area contributed by atoms with Gasteiger partial charge in [0.25, 0.3) is 6.71 Å². The van der Waals surface area contributed by atoms with E-state index < -0.39 is 0 Å². The largest absolute Gasteiger partial charge is 0.468 e. The van der Waals surface area contributed by atoms with Crippen molar-refractivity contribution in [2.75, 3.05) is 9.80 Å². The molecule has 9 aromatic rings. The Kier molecular flexibility index (Phi) is 6.64. The predicted octanol–water partition coefficient (Wildman–Crippen LogP) is 12.0. The first-order chi connectivity index (χ1) is 27.8. The molecule has 0 spiro atoms. The molecule has 0 saturated heterocycles. The topological polar surface area (TPSA) is 24.6 Å². The third-order valence-electron chi connectivity index (χ3n) is 13.4. The maximum atomic E-state index is 7.13. The Balaban J connectivity index is 1.15. The lowest BCUT2D eigenvalue weighted by atomic mass is 9.35. The smallest absolute Gasteiger partial charge is 0.297 e. The summed E-state index contributed by atoms with van der Waals surface area (Å²) in [5, 5.41) is 3.65. The molecular weight excluding hydrogens is 693 g/mol. The van der Waals surface area contributed by atoms with Crippen LogP contribution in [0.2, 0.25) is 0 Å². The number of fused-ring (bicyclic) bond motifs is 10. The Morgan fingerprint density at radius 2 is 1.11 bits per heavy atom. The van der Waals surface area contributed by atoms with E-state index in [4.69, 9.17) is 4.42 Å². The summed E-state index contributed by atoms with van der Waals surface area (Å²) in [6.07, 6.45) is 2.35. The van der Waals surface area contributed by atoms with Gasteiger partial charge in [-0.1, -0.05) is 113 Å². The fraction of sp³-hybridized carbons (Fsp3) is 0.154. The van der Waals surface area contributed by atoms with Crippen LogP contribution in [0, 0.1) is 0 Å². The average molecular weight is 736 g/mol. The van der Waals surface area contributed by atoms with Crippen molar-refractivity contribution >= 4 is 90.2 Å². The third kappa shape index (κ3) is 4.51. The molecular formula is C52H42BN3O. The second kappa shape index (κ2) is 11.5. The standard InChI is InChI=1S/C52H42BN3O/c1-51(2)29-30-52(3,4)40-31-34(25-27-39(40)51)56-45-23-14-22-44-48(45)53(50-49(56)38-19-10-13-24-47(38)57-50)41-28-26-35(32-46(41)54(44)33-15-6-5-7-16-33)55-42-20-11-8-17-36(42)37-18-9-12-21-43(37)55/h5-28,31-32H,29-30H2,1-4H3. The minimum absolute atomic E-state index is 0.0771. The molecule has 0 fully saturated rings. The van der Waals surface area contributed by atoms with Crippen LogP contribution in [0.15, 0.2) is 162 Å². The molecule has 0 unspecified atom stereocenters. The van der Waals surface area contributed by atoms with Crippen molar-refractivity contribution in [3.8, 4) is 5.69 Å². The van der Waals surface area contributed by atoms with Crippen LogP contribution in [-0.2, 0) is 10.8 Å². The highest BCUT2D eigenvalue weighted by atomic mass is 16.3. The highest BCUT2D eigenvalue weighted by Crippen LogP contribution is 2.51. The number of hydrogen-bond acceptors (Lipinski definition) is 3. The summed E-state index contributed by atoms with van der Waals surface area (Å²) in [6.45, 7) is 9.54.